The number of hydrogen-bond acceptors (Lipinski definition) is 7. The van der Waals surface area contributed by atoms with E-state index < -0.39 is 0 Å². The highest BCUT2D eigenvalue weighted by atomic mass is 16.5. The first-order chi connectivity index (χ1) is 18.0. The predicted molar refractivity (Wildman–Crippen MR) is 149 cm³/mol. The predicted octanol–water partition coefficient (Wildman–Crippen LogP) is 4.10. The van der Waals surface area contributed by atoms with Crippen molar-refractivity contribution >= 4 is 5.70 Å². The number of likely N-dealkylation sites (N-methyl/N-ethyl adjacent to an activating group) is 1. The van der Waals surface area contributed by atoms with Gasteiger partial charge in [0.15, 0.2) is 0 Å². The smallest absolute Gasteiger partial charge is 0.146 e. The Bertz CT molecular complexity index is 1100. The molecular formula is C29H44N6O2. The molecule has 2 unspecified atom stereocenters. The summed E-state index contributed by atoms with van der Waals surface area (Å²) in [6, 6.07) is 5.63. The van der Waals surface area contributed by atoms with Gasteiger partial charge in [-0.1, -0.05) is 13.8 Å². The van der Waals surface area contributed by atoms with Crippen LogP contribution in [0.25, 0.3) is 17.0 Å². The quantitative estimate of drug-likeness (QED) is 0.652. The molecule has 4 atom stereocenters. The minimum Gasteiger partial charge on any atom is -0.381 e. The third-order valence-electron chi connectivity index (χ3n) is 7.82. The van der Waals surface area contributed by atoms with Crippen molar-refractivity contribution in [3.05, 3.63) is 53.6 Å². The Kier molecular flexibility index (Phi) is 9.18. The van der Waals surface area contributed by atoms with Crippen molar-refractivity contribution in [2.24, 2.45) is 0 Å². The van der Waals surface area contributed by atoms with Crippen LogP contribution in [0, 0.1) is 0 Å². The topological polar surface area (TPSA) is 67.7 Å². The van der Waals surface area contributed by atoms with Gasteiger partial charge in [0.05, 0.1) is 36.0 Å². The number of methoxy groups -OCH3 is 1. The third kappa shape index (κ3) is 5.82. The Morgan fingerprint density at radius 2 is 1.86 bits per heavy atom. The molecule has 202 valence electrons. The summed E-state index contributed by atoms with van der Waals surface area (Å²) >= 11 is 0. The highest BCUT2D eigenvalue weighted by Crippen LogP contribution is 2.32. The fourth-order valence-electron chi connectivity index (χ4n) is 5.40. The molecule has 0 amide bonds. The molecule has 0 aliphatic carbocycles. The summed E-state index contributed by atoms with van der Waals surface area (Å²) in [5.74, 6) is 0. The number of rotatable bonds is 5. The monoisotopic (exact) mass is 508 g/mol. The molecule has 0 aromatic carbocycles. The summed E-state index contributed by atoms with van der Waals surface area (Å²) in [4.78, 5) is 9.82. The Morgan fingerprint density at radius 1 is 1.14 bits per heavy atom. The highest BCUT2D eigenvalue weighted by Gasteiger charge is 2.30. The number of piperazine rings is 1. The maximum absolute atomic E-state index is 5.84. The average molecular weight is 509 g/mol. The Hall–Kier alpha value is -2.52. The second-order valence-corrected chi connectivity index (χ2v) is 10.0. The van der Waals surface area contributed by atoms with Crippen LogP contribution in [0.1, 0.15) is 57.6 Å². The zero-order valence-electron chi connectivity index (χ0n) is 23.6. The molecule has 3 aliphatic heterocycles. The molecule has 1 N–H and O–H groups in total. The highest BCUT2D eigenvalue weighted by molar-refractivity contribution is 5.68. The van der Waals surface area contributed by atoms with Crippen molar-refractivity contribution in [3.8, 4) is 11.3 Å². The van der Waals surface area contributed by atoms with Crippen molar-refractivity contribution in [2.75, 3.05) is 40.5 Å². The van der Waals surface area contributed by atoms with Crippen molar-refractivity contribution < 1.29 is 9.47 Å². The normalized spacial score (nSPS) is 25.3. The van der Waals surface area contributed by atoms with Crippen LogP contribution in [0.3, 0.4) is 0 Å². The molecule has 8 heteroatoms. The molecule has 0 spiro atoms. The van der Waals surface area contributed by atoms with Crippen LogP contribution < -0.4 is 5.32 Å². The molecule has 0 radical (unpaired) electrons. The van der Waals surface area contributed by atoms with Crippen LogP contribution >= 0.6 is 0 Å². The number of allylic oxidation sites excluding steroid dienone is 2. The van der Waals surface area contributed by atoms with E-state index >= 15 is 0 Å². The van der Waals surface area contributed by atoms with E-state index in [9.17, 15) is 0 Å². The summed E-state index contributed by atoms with van der Waals surface area (Å²) in [6.45, 7) is 14.4. The third-order valence-corrected chi connectivity index (χ3v) is 7.82. The van der Waals surface area contributed by atoms with E-state index in [1.807, 2.05) is 32.3 Å². The van der Waals surface area contributed by atoms with Crippen molar-refractivity contribution in [3.63, 3.8) is 0 Å². The number of nitrogens with zero attached hydrogens (tertiary/aromatic N) is 5. The Balaban J connectivity index is 0.00000156. The fourth-order valence-corrected chi connectivity index (χ4v) is 5.40. The van der Waals surface area contributed by atoms with Gasteiger partial charge < -0.3 is 14.8 Å². The molecule has 37 heavy (non-hydrogen) atoms. The lowest BCUT2D eigenvalue weighted by molar-refractivity contribution is 0.0367. The van der Waals surface area contributed by atoms with Gasteiger partial charge in [0.2, 0.25) is 0 Å². The van der Waals surface area contributed by atoms with Gasteiger partial charge in [-0.2, -0.15) is 5.10 Å². The first-order valence-electron chi connectivity index (χ1n) is 13.7. The van der Waals surface area contributed by atoms with E-state index in [1.54, 1.807) is 7.11 Å². The summed E-state index contributed by atoms with van der Waals surface area (Å²) in [6.07, 6.45) is 9.59. The lowest BCUT2D eigenvalue weighted by atomic mass is 10.0. The lowest BCUT2D eigenvalue weighted by Gasteiger charge is -2.44. The van der Waals surface area contributed by atoms with Crippen molar-refractivity contribution in [1.29, 1.82) is 0 Å². The van der Waals surface area contributed by atoms with E-state index in [1.165, 1.54) is 11.3 Å². The number of pyridine rings is 1. The number of hydrogen-bond donors (Lipinski definition) is 1. The van der Waals surface area contributed by atoms with Crippen LogP contribution in [-0.2, 0) is 22.3 Å². The van der Waals surface area contributed by atoms with Crippen LogP contribution in [0.2, 0.25) is 0 Å². The molecule has 2 aromatic heterocycles. The standard InChI is InChI=1S/C27H38N6O2.C2H6/c1-18-16-32(17-19(2)31(18)4)20(3)24-14-21(8-11-28-24)27-23-9-12-35-13-10-25(23)33(30-27)22-6-7-26(34-5)29-15-22;1-2/h6-8,11,14-15,18-20,26,29H,9-10,12-13,16-17H2,1-5H3;1-2H3/t18-,19+,20?,26?;. The van der Waals surface area contributed by atoms with Gasteiger partial charge in [0, 0.05) is 68.3 Å². The second kappa shape index (κ2) is 12.3. The van der Waals surface area contributed by atoms with Crippen LogP contribution in [-0.4, -0.2) is 83.3 Å². The molecule has 5 heterocycles. The number of aromatic nitrogens is 3. The number of ether oxygens (including phenoxy) is 2. The van der Waals surface area contributed by atoms with Crippen LogP contribution in [0.5, 0.6) is 0 Å². The van der Waals surface area contributed by atoms with Gasteiger partial charge in [-0.3, -0.25) is 14.8 Å². The molecule has 2 aromatic rings. The lowest BCUT2D eigenvalue weighted by Crippen LogP contribution is -2.55. The van der Waals surface area contributed by atoms with Crippen molar-refractivity contribution in [1.82, 2.24) is 29.9 Å². The van der Waals surface area contributed by atoms with E-state index in [0.717, 1.165) is 55.2 Å². The zero-order chi connectivity index (χ0) is 26.5. The summed E-state index contributed by atoms with van der Waals surface area (Å²) < 4.78 is 13.3. The van der Waals surface area contributed by atoms with Gasteiger partial charge >= 0.3 is 0 Å². The van der Waals surface area contributed by atoms with Gasteiger partial charge in [0.25, 0.3) is 0 Å². The van der Waals surface area contributed by atoms with Gasteiger partial charge in [0.1, 0.15) is 6.23 Å². The number of nitrogens with one attached hydrogen (secondary N) is 1. The molecule has 8 nitrogen and oxygen atoms in total. The molecule has 1 saturated heterocycles. The maximum Gasteiger partial charge on any atom is 0.146 e. The second-order valence-electron chi connectivity index (χ2n) is 10.0. The maximum atomic E-state index is 5.84. The van der Waals surface area contributed by atoms with E-state index in [-0.39, 0.29) is 12.3 Å². The molecule has 1 fully saturated rings. The largest absolute Gasteiger partial charge is 0.381 e. The van der Waals surface area contributed by atoms with Gasteiger partial charge in [-0.15, -0.1) is 0 Å². The van der Waals surface area contributed by atoms with Gasteiger partial charge in [-0.25, -0.2) is 4.68 Å². The number of dihydropyridines is 1. The van der Waals surface area contributed by atoms with E-state index in [0.29, 0.717) is 18.7 Å². The minimum atomic E-state index is -0.111. The van der Waals surface area contributed by atoms with Crippen molar-refractivity contribution in [2.45, 2.75) is 71.8 Å². The average Bonchev–Trinajstić information content (AvgIpc) is 3.12. The molecule has 5 rings (SSSR count). The first kappa shape index (κ1) is 27.5. The van der Waals surface area contributed by atoms with E-state index in [4.69, 9.17) is 19.6 Å². The fraction of sp³-hybridized carbons (Fsp3) is 0.586. The molecule has 0 saturated carbocycles. The molecular weight excluding hydrogens is 464 g/mol. The SMILES string of the molecule is CC.COC1C=CC(n2nc(-c3ccnc(C(C)N4C[C@@H](C)N(C)[C@@H](C)C4)c3)c3c2CCOCC3)=CN1. The summed E-state index contributed by atoms with van der Waals surface area (Å²) in [5, 5.41) is 8.42. The zero-order valence-corrected chi connectivity index (χ0v) is 23.6. The van der Waals surface area contributed by atoms with Gasteiger partial charge in [-0.05, 0) is 58.5 Å². The first-order valence-corrected chi connectivity index (χ1v) is 13.7. The minimum absolute atomic E-state index is 0.111. The summed E-state index contributed by atoms with van der Waals surface area (Å²) in [5.41, 5.74) is 6.75. The molecule has 3 aliphatic rings. The Morgan fingerprint density at radius 3 is 2.54 bits per heavy atom. The van der Waals surface area contributed by atoms with E-state index in [2.05, 4.69) is 65.8 Å². The van der Waals surface area contributed by atoms with Crippen LogP contribution in [0.4, 0.5) is 0 Å². The summed E-state index contributed by atoms with van der Waals surface area (Å²) in [7, 11) is 3.92. The Labute approximate surface area is 222 Å². The van der Waals surface area contributed by atoms with Crippen LogP contribution in [0.15, 0.2) is 36.7 Å². The number of fused-ring (bicyclic) bond motifs is 1. The molecule has 0 bridgehead atoms.